The Bertz CT molecular complexity index is 819. The minimum absolute atomic E-state index is 0.0112. The van der Waals surface area contributed by atoms with Crippen LogP contribution >= 0.6 is 0 Å². The lowest BCUT2D eigenvalue weighted by atomic mass is 10.2. The van der Waals surface area contributed by atoms with Gasteiger partial charge in [-0.1, -0.05) is 6.07 Å². The molecule has 1 N–H and O–H groups in total. The Morgan fingerprint density at radius 1 is 1.11 bits per heavy atom. The highest BCUT2D eigenvalue weighted by molar-refractivity contribution is 5.92. The van der Waals surface area contributed by atoms with E-state index < -0.39 is 0 Å². The zero-order chi connectivity index (χ0) is 18.6. The molecule has 0 atom stereocenters. The lowest BCUT2D eigenvalue weighted by Gasteiger charge is -2.34. The highest BCUT2D eigenvalue weighted by Gasteiger charge is 2.20. The summed E-state index contributed by atoms with van der Waals surface area (Å²) in [5.74, 6) is 1.38. The van der Waals surface area contributed by atoms with Crippen LogP contribution in [0.15, 0.2) is 36.5 Å². The zero-order valence-corrected chi connectivity index (χ0v) is 15.5. The monoisotopic (exact) mass is 368 g/mol. The van der Waals surface area contributed by atoms with Crippen LogP contribution in [0.25, 0.3) is 0 Å². The first-order valence-corrected chi connectivity index (χ1v) is 9.22. The van der Waals surface area contributed by atoms with Gasteiger partial charge >= 0.3 is 0 Å². The standard InChI is InChI=1S/C20H24N4O3/c1-15-3-2-6-21-17(15)12-23-7-9-24(10-8-23)13-20(25)22-16-4-5-18-19(11-16)27-14-26-18/h2-6,11H,7-10,12-14H2,1H3,(H,22,25). The van der Waals surface area contributed by atoms with Gasteiger partial charge in [0, 0.05) is 50.7 Å². The summed E-state index contributed by atoms with van der Waals surface area (Å²) < 4.78 is 10.6. The first-order chi connectivity index (χ1) is 13.2. The van der Waals surface area contributed by atoms with Gasteiger partial charge in [0.05, 0.1) is 12.2 Å². The molecule has 1 saturated heterocycles. The molecule has 1 fully saturated rings. The van der Waals surface area contributed by atoms with E-state index in [1.165, 1.54) is 5.56 Å². The molecule has 2 aliphatic rings. The first-order valence-electron chi connectivity index (χ1n) is 9.22. The number of carbonyl (C=O) groups is 1. The number of hydrogen-bond donors (Lipinski definition) is 1. The average Bonchev–Trinajstić information content (AvgIpc) is 3.13. The lowest BCUT2D eigenvalue weighted by Crippen LogP contribution is -2.48. The molecule has 0 saturated carbocycles. The normalized spacial score (nSPS) is 17.1. The highest BCUT2D eigenvalue weighted by atomic mass is 16.7. The van der Waals surface area contributed by atoms with Gasteiger partial charge in [-0.05, 0) is 30.7 Å². The second kappa shape index (κ2) is 7.94. The van der Waals surface area contributed by atoms with Crippen LogP contribution in [0.3, 0.4) is 0 Å². The molecule has 0 aliphatic carbocycles. The zero-order valence-electron chi connectivity index (χ0n) is 15.5. The fourth-order valence-corrected chi connectivity index (χ4v) is 3.38. The third kappa shape index (κ3) is 4.37. The third-order valence-corrected chi connectivity index (χ3v) is 4.98. The maximum absolute atomic E-state index is 12.3. The number of fused-ring (bicyclic) bond motifs is 1. The Morgan fingerprint density at radius 3 is 2.70 bits per heavy atom. The predicted octanol–water partition coefficient (Wildman–Crippen LogP) is 1.88. The number of nitrogens with zero attached hydrogens (tertiary/aromatic N) is 3. The van der Waals surface area contributed by atoms with Crippen LogP contribution < -0.4 is 14.8 Å². The Hall–Kier alpha value is -2.64. The average molecular weight is 368 g/mol. The molecule has 1 aromatic carbocycles. The fourth-order valence-electron chi connectivity index (χ4n) is 3.38. The number of rotatable bonds is 5. The van der Waals surface area contributed by atoms with Gasteiger partial charge in [-0.25, -0.2) is 0 Å². The highest BCUT2D eigenvalue weighted by Crippen LogP contribution is 2.34. The number of nitrogens with one attached hydrogen (secondary N) is 1. The summed E-state index contributed by atoms with van der Waals surface area (Å²) >= 11 is 0. The van der Waals surface area contributed by atoms with Gasteiger partial charge in [0.1, 0.15) is 0 Å². The van der Waals surface area contributed by atoms with E-state index in [4.69, 9.17) is 9.47 Å². The SMILES string of the molecule is Cc1cccnc1CN1CCN(CC(=O)Nc2ccc3c(c2)OCO3)CC1. The van der Waals surface area contributed by atoms with E-state index in [0.29, 0.717) is 18.0 Å². The number of carbonyl (C=O) groups excluding carboxylic acids is 1. The minimum Gasteiger partial charge on any atom is -0.454 e. The molecule has 142 valence electrons. The number of aromatic nitrogens is 1. The van der Waals surface area contributed by atoms with Crippen LogP contribution in [0, 0.1) is 6.92 Å². The summed E-state index contributed by atoms with van der Waals surface area (Å²) in [6, 6.07) is 9.51. The van der Waals surface area contributed by atoms with Crippen LogP contribution in [-0.2, 0) is 11.3 Å². The van der Waals surface area contributed by atoms with Crippen molar-refractivity contribution in [3.8, 4) is 11.5 Å². The second-order valence-electron chi connectivity index (χ2n) is 6.94. The summed E-state index contributed by atoms with van der Waals surface area (Å²) in [6.07, 6.45) is 1.85. The van der Waals surface area contributed by atoms with Crippen molar-refractivity contribution in [3.63, 3.8) is 0 Å². The van der Waals surface area contributed by atoms with Crippen molar-refractivity contribution < 1.29 is 14.3 Å². The van der Waals surface area contributed by atoms with E-state index in [0.717, 1.165) is 44.1 Å². The van der Waals surface area contributed by atoms with Crippen LogP contribution in [0.2, 0.25) is 0 Å². The van der Waals surface area contributed by atoms with Crippen molar-refractivity contribution in [2.24, 2.45) is 0 Å². The number of hydrogen-bond acceptors (Lipinski definition) is 6. The fraction of sp³-hybridized carbons (Fsp3) is 0.400. The minimum atomic E-state index is -0.0112. The van der Waals surface area contributed by atoms with E-state index in [9.17, 15) is 4.79 Å². The Balaban J connectivity index is 1.24. The summed E-state index contributed by atoms with van der Waals surface area (Å²) in [5, 5.41) is 2.94. The van der Waals surface area contributed by atoms with Crippen molar-refractivity contribution in [1.82, 2.24) is 14.8 Å². The molecule has 27 heavy (non-hydrogen) atoms. The van der Waals surface area contributed by atoms with Crippen molar-refractivity contribution in [1.29, 1.82) is 0 Å². The van der Waals surface area contributed by atoms with Crippen molar-refractivity contribution in [3.05, 3.63) is 47.8 Å². The summed E-state index contributed by atoms with van der Waals surface area (Å²) in [6.45, 7) is 7.21. The number of benzene rings is 1. The first kappa shape index (κ1) is 17.8. The maximum atomic E-state index is 12.3. The molecular formula is C20H24N4O3. The number of ether oxygens (including phenoxy) is 2. The molecule has 4 rings (SSSR count). The van der Waals surface area contributed by atoms with Crippen LogP contribution in [0.5, 0.6) is 11.5 Å². The van der Waals surface area contributed by atoms with Gasteiger partial charge in [0.15, 0.2) is 11.5 Å². The van der Waals surface area contributed by atoms with Crippen molar-refractivity contribution in [2.45, 2.75) is 13.5 Å². The van der Waals surface area contributed by atoms with Gasteiger partial charge in [0.2, 0.25) is 12.7 Å². The van der Waals surface area contributed by atoms with Crippen molar-refractivity contribution >= 4 is 11.6 Å². The smallest absolute Gasteiger partial charge is 0.238 e. The van der Waals surface area contributed by atoms with Gasteiger partial charge in [-0.15, -0.1) is 0 Å². The number of aryl methyl sites for hydroxylation is 1. The molecule has 2 aliphatic heterocycles. The van der Waals surface area contributed by atoms with Crippen molar-refractivity contribution in [2.75, 3.05) is 44.8 Å². The number of anilines is 1. The van der Waals surface area contributed by atoms with E-state index >= 15 is 0 Å². The number of piperazine rings is 1. The van der Waals surface area contributed by atoms with E-state index in [1.54, 1.807) is 6.07 Å². The molecule has 1 aromatic heterocycles. The maximum Gasteiger partial charge on any atom is 0.238 e. The molecular weight excluding hydrogens is 344 g/mol. The van der Waals surface area contributed by atoms with E-state index in [-0.39, 0.29) is 12.7 Å². The summed E-state index contributed by atoms with van der Waals surface area (Å²) in [7, 11) is 0. The lowest BCUT2D eigenvalue weighted by molar-refractivity contribution is -0.117. The summed E-state index contributed by atoms with van der Waals surface area (Å²) in [4.78, 5) is 21.4. The second-order valence-corrected chi connectivity index (χ2v) is 6.94. The predicted molar refractivity (Wildman–Crippen MR) is 102 cm³/mol. The molecule has 0 radical (unpaired) electrons. The molecule has 0 unspecified atom stereocenters. The van der Waals surface area contributed by atoms with Gasteiger partial charge < -0.3 is 14.8 Å². The Labute approximate surface area is 158 Å². The van der Waals surface area contributed by atoms with E-state index in [1.807, 2.05) is 24.4 Å². The topological polar surface area (TPSA) is 66.9 Å². The Kier molecular flexibility index (Phi) is 5.22. The van der Waals surface area contributed by atoms with Crippen LogP contribution in [0.1, 0.15) is 11.3 Å². The summed E-state index contributed by atoms with van der Waals surface area (Å²) in [5.41, 5.74) is 3.09. The van der Waals surface area contributed by atoms with Gasteiger partial charge in [-0.3, -0.25) is 19.6 Å². The van der Waals surface area contributed by atoms with Gasteiger partial charge in [-0.2, -0.15) is 0 Å². The van der Waals surface area contributed by atoms with Crippen LogP contribution in [-0.4, -0.2) is 60.2 Å². The quantitative estimate of drug-likeness (QED) is 0.869. The molecule has 7 nitrogen and oxygen atoms in total. The number of amides is 1. The number of pyridine rings is 1. The molecule has 2 aromatic rings. The third-order valence-electron chi connectivity index (χ3n) is 4.98. The molecule has 0 bridgehead atoms. The Morgan fingerprint density at radius 2 is 1.89 bits per heavy atom. The largest absolute Gasteiger partial charge is 0.454 e. The molecule has 1 amide bonds. The van der Waals surface area contributed by atoms with Gasteiger partial charge in [0.25, 0.3) is 0 Å². The van der Waals surface area contributed by atoms with Crippen LogP contribution in [0.4, 0.5) is 5.69 Å². The molecule has 3 heterocycles. The molecule has 0 spiro atoms. The molecule has 7 heteroatoms. The van der Waals surface area contributed by atoms with E-state index in [2.05, 4.69) is 33.1 Å².